The summed E-state index contributed by atoms with van der Waals surface area (Å²) in [4.78, 5) is 23.6. The first-order valence-corrected chi connectivity index (χ1v) is 6.52. The first-order valence-electron chi connectivity index (χ1n) is 6.52. The Morgan fingerprint density at radius 2 is 2.11 bits per heavy atom. The third kappa shape index (κ3) is 3.20. The molecule has 0 aliphatic carbocycles. The molecule has 1 saturated heterocycles. The van der Waals surface area contributed by atoms with Gasteiger partial charge in [0.1, 0.15) is 0 Å². The average molecular weight is 264 g/mol. The van der Waals surface area contributed by atoms with Crippen molar-refractivity contribution in [1.82, 2.24) is 14.9 Å². The lowest BCUT2D eigenvalue weighted by Crippen LogP contribution is -2.64. The molecule has 0 spiro atoms. The summed E-state index contributed by atoms with van der Waals surface area (Å²) in [5.41, 5.74) is -0.674. The van der Waals surface area contributed by atoms with Gasteiger partial charge in [0, 0.05) is 19.4 Å². The van der Waals surface area contributed by atoms with Crippen LogP contribution in [0.25, 0.3) is 0 Å². The molecule has 2 rings (SSSR count). The van der Waals surface area contributed by atoms with Crippen LogP contribution in [0.3, 0.4) is 0 Å². The number of amides is 1. The van der Waals surface area contributed by atoms with Crippen molar-refractivity contribution in [3.05, 3.63) is 18.5 Å². The summed E-state index contributed by atoms with van der Waals surface area (Å²) in [5, 5.41) is 10.0. The van der Waals surface area contributed by atoms with E-state index in [1.165, 1.54) is 0 Å². The lowest BCUT2D eigenvalue weighted by atomic mass is 9.89. The lowest BCUT2D eigenvalue weighted by molar-refractivity contribution is -0.155. The summed E-state index contributed by atoms with van der Waals surface area (Å²) in [6, 6.07) is 1.74. The van der Waals surface area contributed by atoms with Gasteiger partial charge in [0.15, 0.2) is 0 Å². The van der Waals surface area contributed by atoms with Gasteiger partial charge in [-0.25, -0.2) is 9.97 Å². The molecule has 19 heavy (non-hydrogen) atoms. The van der Waals surface area contributed by atoms with Crippen molar-refractivity contribution in [2.45, 2.75) is 25.4 Å². The number of rotatable bonds is 5. The number of β-amino-alcohol motifs (C(OH)–C–C–N with tert-alkyl or cyclic N) is 1. The van der Waals surface area contributed by atoms with Crippen molar-refractivity contribution < 1.29 is 9.90 Å². The maximum absolute atomic E-state index is 12.0. The third-order valence-electron chi connectivity index (χ3n) is 3.30. The molecule has 1 N–H and O–H groups in total. The Bertz CT molecular complexity index is 432. The molecule has 104 valence electrons. The second-order valence-corrected chi connectivity index (χ2v) is 5.13. The maximum atomic E-state index is 12.0. The van der Waals surface area contributed by atoms with E-state index in [0.29, 0.717) is 19.0 Å². The van der Waals surface area contributed by atoms with E-state index in [-0.39, 0.29) is 12.5 Å². The molecule has 1 aromatic rings. The van der Waals surface area contributed by atoms with Gasteiger partial charge in [-0.3, -0.25) is 4.79 Å². The molecule has 1 aliphatic rings. The fraction of sp³-hybridized carbons (Fsp3) is 0.615. The lowest BCUT2D eigenvalue weighted by Gasteiger charge is -2.46. The molecular formula is C13H20N4O2. The predicted octanol–water partition coefficient (Wildman–Crippen LogP) is 0.286. The highest BCUT2D eigenvalue weighted by Crippen LogP contribution is 2.25. The van der Waals surface area contributed by atoms with E-state index in [2.05, 4.69) is 9.97 Å². The van der Waals surface area contributed by atoms with Crippen molar-refractivity contribution in [2.24, 2.45) is 0 Å². The van der Waals surface area contributed by atoms with E-state index >= 15 is 0 Å². The van der Waals surface area contributed by atoms with Gasteiger partial charge in [0.2, 0.25) is 11.9 Å². The Labute approximate surface area is 113 Å². The Balaban J connectivity index is 1.83. The third-order valence-corrected chi connectivity index (χ3v) is 3.30. The van der Waals surface area contributed by atoms with E-state index < -0.39 is 5.60 Å². The van der Waals surface area contributed by atoms with Crippen LogP contribution in [0.2, 0.25) is 0 Å². The Hall–Kier alpha value is -1.69. The van der Waals surface area contributed by atoms with Crippen molar-refractivity contribution in [1.29, 1.82) is 0 Å². The first kappa shape index (κ1) is 13.7. The van der Waals surface area contributed by atoms with Crippen molar-refractivity contribution in [3.8, 4) is 0 Å². The number of anilines is 1. The molecule has 0 bridgehead atoms. The number of carbonyl (C=O) groups excluding carboxylic acids is 1. The molecule has 0 saturated carbocycles. The minimum atomic E-state index is -0.674. The number of aliphatic hydroxyl groups is 1. The van der Waals surface area contributed by atoms with Crippen LogP contribution in [0.5, 0.6) is 0 Å². The Morgan fingerprint density at radius 3 is 2.68 bits per heavy atom. The number of hydrogen-bond acceptors (Lipinski definition) is 5. The highest BCUT2D eigenvalue weighted by molar-refractivity contribution is 5.81. The quantitative estimate of drug-likeness (QED) is 0.827. The van der Waals surface area contributed by atoms with Crippen LogP contribution in [0.4, 0.5) is 5.95 Å². The molecule has 6 heteroatoms. The summed E-state index contributed by atoms with van der Waals surface area (Å²) in [5.74, 6) is 0.524. The van der Waals surface area contributed by atoms with Crippen molar-refractivity contribution in [3.63, 3.8) is 0 Å². The largest absolute Gasteiger partial charge is 0.386 e. The first-order chi connectivity index (χ1) is 9.04. The second-order valence-electron chi connectivity index (χ2n) is 5.13. The van der Waals surface area contributed by atoms with Crippen molar-refractivity contribution >= 4 is 11.9 Å². The fourth-order valence-corrected chi connectivity index (χ4v) is 2.33. The summed E-state index contributed by atoms with van der Waals surface area (Å²) in [6.07, 6.45) is 4.96. The van der Waals surface area contributed by atoms with Gasteiger partial charge in [-0.2, -0.15) is 0 Å². The molecule has 1 fully saturated rings. The van der Waals surface area contributed by atoms with Crippen LogP contribution in [0.15, 0.2) is 18.5 Å². The molecule has 1 amide bonds. The van der Waals surface area contributed by atoms with Crippen LogP contribution in [-0.4, -0.2) is 58.2 Å². The number of carbonyl (C=O) groups is 1. The van der Waals surface area contributed by atoms with E-state index in [9.17, 15) is 9.90 Å². The average Bonchev–Trinajstić information content (AvgIpc) is 2.37. The summed E-state index contributed by atoms with van der Waals surface area (Å²) < 4.78 is 0. The zero-order valence-corrected chi connectivity index (χ0v) is 11.4. The number of nitrogens with zero attached hydrogens (tertiary/aromatic N) is 4. The van der Waals surface area contributed by atoms with Crippen LogP contribution in [-0.2, 0) is 4.79 Å². The molecule has 0 radical (unpaired) electrons. The van der Waals surface area contributed by atoms with E-state index in [0.717, 1.165) is 12.8 Å². The summed E-state index contributed by atoms with van der Waals surface area (Å²) in [6.45, 7) is 3.13. The summed E-state index contributed by atoms with van der Waals surface area (Å²) in [7, 11) is 1.78. The van der Waals surface area contributed by atoms with Gasteiger partial charge in [-0.05, 0) is 12.5 Å². The zero-order chi connectivity index (χ0) is 13.9. The van der Waals surface area contributed by atoms with Gasteiger partial charge >= 0.3 is 0 Å². The zero-order valence-electron chi connectivity index (χ0n) is 11.4. The molecule has 0 aromatic carbocycles. The van der Waals surface area contributed by atoms with Crippen molar-refractivity contribution in [2.75, 3.05) is 31.6 Å². The molecule has 6 nitrogen and oxygen atoms in total. The molecule has 0 atom stereocenters. The van der Waals surface area contributed by atoms with Gasteiger partial charge in [-0.15, -0.1) is 0 Å². The molecule has 1 aromatic heterocycles. The SMILES string of the molecule is CCCC1(O)CN(C(=O)CN(C)c2ncccn2)C1. The fourth-order valence-electron chi connectivity index (χ4n) is 2.33. The molecule has 0 unspecified atom stereocenters. The van der Waals surface area contributed by atoms with Crippen LogP contribution in [0.1, 0.15) is 19.8 Å². The molecule has 1 aliphatic heterocycles. The summed E-state index contributed by atoms with van der Waals surface area (Å²) >= 11 is 0. The van der Waals surface area contributed by atoms with E-state index in [1.54, 1.807) is 35.3 Å². The smallest absolute Gasteiger partial charge is 0.242 e. The maximum Gasteiger partial charge on any atom is 0.242 e. The Kier molecular flexibility index (Phi) is 3.99. The molecule has 2 heterocycles. The minimum absolute atomic E-state index is 0.00395. The normalized spacial score (nSPS) is 16.9. The van der Waals surface area contributed by atoms with E-state index in [1.807, 2.05) is 6.92 Å². The Morgan fingerprint density at radius 1 is 1.47 bits per heavy atom. The second kappa shape index (κ2) is 5.52. The highest BCUT2D eigenvalue weighted by Gasteiger charge is 2.42. The van der Waals surface area contributed by atoms with Gasteiger partial charge in [0.25, 0.3) is 0 Å². The van der Waals surface area contributed by atoms with Crippen LogP contribution < -0.4 is 4.90 Å². The van der Waals surface area contributed by atoms with Gasteiger partial charge in [-0.1, -0.05) is 13.3 Å². The highest BCUT2D eigenvalue weighted by atomic mass is 16.3. The number of aromatic nitrogens is 2. The van der Waals surface area contributed by atoms with E-state index in [4.69, 9.17) is 0 Å². The van der Waals surface area contributed by atoms with Gasteiger partial charge < -0.3 is 14.9 Å². The van der Waals surface area contributed by atoms with Crippen LogP contribution in [0, 0.1) is 0 Å². The number of hydrogen-bond donors (Lipinski definition) is 1. The standard InChI is InChI=1S/C13H20N4O2/c1-3-5-13(19)9-17(10-13)11(18)8-16(2)12-14-6-4-7-15-12/h4,6-7,19H,3,5,8-10H2,1-2H3. The number of likely N-dealkylation sites (N-methyl/N-ethyl adjacent to an activating group) is 1. The minimum Gasteiger partial charge on any atom is -0.386 e. The predicted molar refractivity (Wildman–Crippen MR) is 71.7 cm³/mol. The molecular weight excluding hydrogens is 244 g/mol. The topological polar surface area (TPSA) is 69.6 Å². The van der Waals surface area contributed by atoms with Gasteiger partial charge in [0.05, 0.1) is 25.2 Å². The van der Waals surface area contributed by atoms with Crippen LogP contribution >= 0.6 is 0 Å². The monoisotopic (exact) mass is 264 g/mol. The number of likely N-dealkylation sites (tertiary alicyclic amines) is 1.